The lowest BCUT2D eigenvalue weighted by Crippen LogP contribution is -2.64. The van der Waals surface area contributed by atoms with Gasteiger partial charge < -0.3 is 14.9 Å². The number of hydrogen-bond donors (Lipinski definition) is 2. The topological polar surface area (TPSA) is 66.8 Å². The molecule has 0 heterocycles. The van der Waals surface area contributed by atoms with Crippen molar-refractivity contribution in [3.63, 3.8) is 0 Å². The smallest absolute Gasteiger partial charge is 0.303 e. The first kappa shape index (κ1) is 16.1. The van der Waals surface area contributed by atoms with Gasteiger partial charge in [0, 0.05) is 19.4 Å². The van der Waals surface area contributed by atoms with Crippen molar-refractivity contribution in [1.29, 1.82) is 0 Å². The summed E-state index contributed by atoms with van der Waals surface area (Å²) < 4.78 is 5.83. The van der Waals surface area contributed by atoms with Crippen LogP contribution in [0.25, 0.3) is 0 Å². The molecule has 0 bridgehead atoms. The van der Waals surface area contributed by atoms with Gasteiger partial charge >= 0.3 is 5.97 Å². The number of unbranched alkanes of at least 4 members (excludes halogenated alkanes) is 1. The summed E-state index contributed by atoms with van der Waals surface area (Å²) in [5.41, 5.74) is 0.881. The van der Waals surface area contributed by atoms with E-state index >= 15 is 0 Å². The van der Waals surface area contributed by atoms with Gasteiger partial charge in [-0.3, -0.25) is 4.79 Å². The number of rotatable bonds is 5. The summed E-state index contributed by atoms with van der Waals surface area (Å²) in [7, 11) is 1.70. The molecule has 21 heavy (non-hydrogen) atoms. The van der Waals surface area contributed by atoms with Crippen molar-refractivity contribution in [3.05, 3.63) is 11.6 Å². The van der Waals surface area contributed by atoms with Crippen LogP contribution in [0.4, 0.5) is 0 Å². The Labute approximate surface area is 126 Å². The Hall–Kier alpha value is -1.31. The molecule has 0 saturated heterocycles. The largest absolute Gasteiger partial charge is 0.481 e. The van der Waals surface area contributed by atoms with Crippen LogP contribution in [0.1, 0.15) is 39.0 Å². The minimum atomic E-state index is -0.762. The molecule has 2 aliphatic rings. The van der Waals surface area contributed by atoms with Gasteiger partial charge in [0.2, 0.25) is 0 Å². The van der Waals surface area contributed by atoms with E-state index in [1.165, 1.54) is 5.57 Å². The van der Waals surface area contributed by atoms with E-state index in [0.29, 0.717) is 12.8 Å². The van der Waals surface area contributed by atoms with Gasteiger partial charge in [-0.25, -0.2) is 0 Å². The highest BCUT2D eigenvalue weighted by atomic mass is 16.5. The first-order valence-corrected chi connectivity index (χ1v) is 7.59. The summed E-state index contributed by atoms with van der Waals surface area (Å²) in [6, 6.07) is 0. The summed E-state index contributed by atoms with van der Waals surface area (Å²) in [4.78, 5) is 10.6. The molecule has 2 saturated carbocycles. The summed E-state index contributed by atoms with van der Waals surface area (Å²) in [5, 5.41) is 18.8. The lowest BCUT2D eigenvalue weighted by Gasteiger charge is -2.61. The molecule has 4 nitrogen and oxygen atoms in total. The predicted molar refractivity (Wildman–Crippen MR) is 79.5 cm³/mol. The molecule has 5 unspecified atom stereocenters. The van der Waals surface area contributed by atoms with E-state index < -0.39 is 12.1 Å². The van der Waals surface area contributed by atoms with Gasteiger partial charge in [-0.15, -0.1) is 12.3 Å². The van der Waals surface area contributed by atoms with Crippen LogP contribution in [0, 0.1) is 30.1 Å². The van der Waals surface area contributed by atoms with E-state index in [-0.39, 0.29) is 29.8 Å². The number of aliphatic carboxylic acids is 1. The quantitative estimate of drug-likeness (QED) is 0.463. The van der Waals surface area contributed by atoms with Crippen molar-refractivity contribution in [1.82, 2.24) is 0 Å². The van der Waals surface area contributed by atoms with Crippen molar-refractivity contribution >= 4 is 5.97 Å². The number of terminal acetylenes is 1. The van der Waals surface area contributed by atoms with E-state index in [2.05, 4.69) is 18.9 Å². The number of carbonyl (C=O) groups is 1. The molecule has 0 amide bonds. The van der Waals surface area contributed by atoms with E-state index in [0.717, 1.165) is 12.8 Å². The van der Waals surface area contributed by atoms with Crippen LogP contribution < -0.4 is 0 Å². The van der Waals surface area contributed by atoms with E-state index in [1.54, 1.807) is 7.11 Å². The molecule has 5 atom stereocenters. The Kier molecular flexibility index (Phi) is 4.75. The highest BCUT2D eigenvalue weighted by molar-refractivity contribution is 5.66. The highest BCUT2D eigenvalue weighted by Gasteiger charge is 2.62. The molecule has 0 aromatic rings. The van der Waals surface area contributed by atoms with Crippen molar-refractivity contribution < 1.29 is 19.7 Å². The Balaban J connectivity index is 2.13. The lowest BCUT2D eigenvalue weighted by atomic mass is 9.48. The van der Waals surface area contributed by atoms with Crippen LogP contribution in [-0.2, 0) is 9.53 Å². The average molecular weight is 292 g/mol. The van der Waals surface area contributed by atoms with Gasteiger partial charge in [0.25, 0.3) is 0 Å². The lowest BCUT2D eigenvalue weighted by molar-refractivity contribution is -0.162. The molecule has 0 aromatic heterocycles. The molecule has 2 aliphatic carbocycles. The zero-order chi connectivity index (χ0) is 15.6. The van der Waals surface area contributed by atoms with Crippen molar-refractivity contribution in [2.75, 3.05) is 7.11 Å². The molecule has 0 spiro atoms. The molecular weight excluding hydrogens is 268 g/mol. The van der Waals surface area contributed by atoms with Gasteiger partial charge in [-0.1, -0.05) is 13.0 Å². The Morgan fingerprint density at radius 3 is 2.90 bits per heavy atom. The van der Waals surface area contributed by atoms with Crippen LogP contribution >= 0.6 is 0 Å². The maximum Gasteiger partial charge on any atom is 0.303 e. The third kappa shape index (κ3) is 2.61. The van der Waals surface area contributed by atoms with Crippen LogP contribution in [0.2, 0.25) is 0 Å². The van der Waals surface area contributed by atoms with Gasteiger partial charge in [0.05, 0.1) is 17.6 Å². The average Bonchev–Trinajstić information content (AvgIpc) is 2.46. The molecule has 4 heteroatoms. The van der Waals surface area contributed by atoms with E-state index in [9.17, 15) is 9.90 Å². The molecule has 2 N–H and O–H groups in total. The van der Waals surface area contributed by atoms with Crippen LogP contribution in [0.5, 0.6) is 0 Å². The summed E-state index contributed by atoms with van der Waals surface area (Å²) in [6.45, 7) is 2.12. The van der Waals surface area contributed by atoms with Crippen molar-refractivity contribution in [3.8, 4) is 12.3 Å². The highest BCUT2D eigenvalue weighted by Crippen LogP contribution is 2.60. The Morgan fingerprint density at radius 1 is 1.62 bits per heavy atom. The van der Waals surface area contributed by atoms with Gasteiger partial charge in [0.15, 0.2) is 0 Å². The van der Waals surface area contributed by atoms with Crippen LogP contribution in [0.3, 0.4) is 0 Å². The van der Waals surface area contributed by atoms with Gasteiger partial charge in [-0.2, -0.15) is 0 Å². The first-order chi connectivity index (χ1) is 9.97. The fourth-order valence-corrected chi connectivity index (χ4v) is 4.21. The maximum atomic E-state index is 10.6. The Morgan fingerprint density at radius 2 is 2.33 bits per heavy atom. The first-order valence-electron chi connectivity index (χ1n) is 7.59. The number of aliphatic hydroxyl groups is 1. The van der Waals surface area contributed by atoms with Crippen molar-refractivity contribution in [2.24, 2.45) is 17.8 Å². The van der Waals surface area contributed by atoms with E-state index in [4.69, 9.17) is 16.3 Å². The molecule has 116 valence electrons. The maximum absolute atomic E-state index is 10.6. The second kappa shape index (κ2) is 6.21. The summed E-state index contributed by atoms with van der Waals surface area (Å²) in [6.07, 6.45) is 10.3. The van der Waals surface area contributed by atoms with E-state index in [1.807, 2.05) is 0 Å². The van der Waals surface area contributed by atoms with Crippen LogP contribution in [-0.4, -0.2) is 35.0 Å². The molecule has 2 rings (SSSR count). The number of methoxy groups -OCH3 is 1. The second-order valence-electron chi connectivity index (χ2n) is 6.15. The third-order valence-electron chi connectivity index (χ3n) is 5.18. The fraction of sp³-hybridized carbons (Fsp3) is 0.706. The SMILES string of the molecule is C#CC1C(O)CCC2(OC)C(=CCCCC(=O)O)C(C)C12. The normalized spacial score (nSPS) is 40.2. The molecule has 2 fully saturated rings. The monoisotopic (exact) mass is 292 g/mol. The fourth-order valence-electron chi connectivity index (χ4n) is 4.21. The molecule has 0 aromatic carbocycles. The standard InChI is InChI=1S/C17H24O4/c1-4-12-14(18)9-10-17(21-3)13(11(2)16(12)17)7-5-6-8-15(19)20/h1,7,11-12,14,16,18H,5-6,8-10H2,2-3H3,(H,19,20). The number of carboxylic acids is 1. The molecular formula is C17H24O4. The minimum Gasteiger partial charge on any atom is -0.481 e. The number of fused-ring (bicyclic) bond motifs is 1. The minimum absolute atomic E-state index is 0.155. The number of ether oxygens (including phenoxy) is 1. The zero-order valence-corrected chi connectivity index (χ0v) is 12.7. The van der Waals surface area contributed by atoms with Crippen LogP contribution in [0.15, 0.2) is 11.6 Å². The number of hydrogen-bond acceptors (Lipinski definition) is 3. The second-order valence-corrected chi connectivity index (χ2v) is 6.15. The third-order valence-corrected chi connectivity index (χ3v) is 5.18. The Bertz CT molecular complexity index is 476. The number of aliphatic hydroxyl groups excluding tert-OH is 1. The number of allylic oxidation sites excluding steroid dienone is 1. The summed E-state index contributed by atoms with van der Waals surface area (Å²) >= 11 is 0. The van der Waals surface area contributed by atoms with Gasteiger partial charge in [0.1, 0.15) is 0 Å². The number of carboxylic acid groups (broad SMARTS) is 1. The zero-order valence-electron chi connectivity index (χ0n) is 12.7. The van der Waals surface area contributed by atoms with Crippen molar-refractivity contribution in [2.45, 2.75) is 50.7 Å². The molecule has 0 aliphatic heterocycles. The molecule has 0 radical (unpaired) electrons. The van der Waals surface area contributed by atoms with Gasteiger partial charge in [-0.05, 0) is 37.2 Å². The summed E-state index contributed by atoms with van der Waals surface area (Å²) in [5.74, 6) is 2.26. The predicted octanol–water partition coefficient (Wildman–Crippen LogP) is 2.22.